The molecule has 0 aliphatic carbocycles. The molecule has 0 aliphatic heterocycles. The van der Waals surface area contributed by atoms with Crippen LogP contribution in [-0.4, -0.2) is 32.0 Å². The Bertz CT molecular complexity index is 1260. The molecule has 4 aromatic rings. The van der Waals surface area contributed by atoms with Crippen LogP contribution in [0.5, 0.6) is 0 Å². The van der Waals surface area contributed by atoms with Crippen molar-refractivity contribution in [2.24, 2.45) is 0 Å². The van der Waals surface area contributed by atoms with E-state index in [0.29, 0.717) is 17.9 Å². The molecule has 1 heterocycles. The number of hydrogen-bond donors (Lipinski definition) is 2. The number of nitrogens with one attached hydrogen (secondary N) is 2. The van der Waals surface area contributed by atoms with E-state index in [2.05, 4.69) is 26.3 Å². The van der Waals surface area contributed by atoms with Gasteiger partial charge in [-0.25, -0.2) is 0 Å². The van der Waals surface area contributed by atoms with Crippen LogP contribution in [0.1, 0.15) is 27.0 Å². The van der Waals surface area contributed by atoms with Crippen LogP contribution in [0, 0.1) is 6.92 Å². The summed E-state index contributed by atoms with van der Waals surface area (Å²) in [6.07, 6.45) is 3.04. The van der Waals surface area contributed by atoms with Gasteiger partial charge in [0.15, 0.2) is 0 Å². The lowest BCUT2D eigenvalue weighted by Gasteiger charge is -2.06. The molecular formula is C25H22N6O2. The van der Waals surface area contributed by atoms with Crippen molar-refractivity contribution in [3.63, 3.8) is 0 Å². The highest BCUT2D eigenvalue weighted by atomic mass is 16.2. The number of hydrazine groups is 1. The summed E-state index contributed by atoms with van der Waals surface area (Å²) >= 11 is 0. The summed E-state index contributed by atoms with van der Waals surface area (Å²) in [6.45, 7) is 2.41. The second-order valence-corrected chi connectivity index (χ2v) is 7.39. The van der Waals surface area contributed by atoms with Gasteiger partial charge in [0.05, 0.1) is 6.54 Å². The number of nitrogens with zero attached hydrogens (tertiary/aromatic N) is 4. The molecular weight excluding hydrogens is 416 g/mol. The van der Waals surface area contributed by atoms with Crippen molar-refractivity contribution in [3.8, 4) is 11.4 Å². The lowest BCUT2D eigenvalue weighted by atomic mass is 10.1. The molecule has 0 unspecified atom stereocenters. The molecule has 8 heteroatoms. The highest BCUT2D eigenvalue weighted by Crippen LogP contribution is 2.12. The van der Waals surface area contributed by atoms with Gasteiger partial charge in [0.1, 0.15) is 0 Å². The van der Waals surface area contributed by atoms with Crippen LogP contribution in [0.3, 0.4) is 0 Å². The minimum Gasteiger partial charge on any atom is -0.268 e. The maximum absolute atomic E-state index is 12.3. The number of tetrazole rings is 1. The van der Waals surface area contributed by atoms with Gasteiger partial charge in [-0.3, -0.25) is 20.4 Å². The molecule has 8 nitrogen and oxygen atoms in total. The van der Waals surface area contributed by atoms with Crippen molar-refractivity contribution in [2.75, 3.05) is 0 Å². The van der Waals surface area contributed by atoms with Crippen LogP contribution in [0.2, 0.25) is 0 Å². The Kier molecular flexibility index (Phi) is 6.65. The van der Waals surface area contributed by atoms with E-state index in [9.17, 15) is 9.59 Å². The third-order valence-electron chi connectivity index (χ3n) is 4.83. The van der Waals surface area contributed by atoms with E-state index < -0.39 is 11.8 Å². The standard InChI is InChI=1S/C25H22N6O2/c1-18-7-9-19(10-8-18)13-16-23(32)26-28-25(33)22-14-11-20(12-15-22)17-31-29-24(27-30-31)21-5-3-2-4-6-21/h2-16H,17H2,1H3,(H,26,32)(H,28,33)/b16-13+. The summed E-state index contributed by atoms with van der Waals surface area (Å²) in [5.74, 6) is -0.283. The minimum absolute atomic E-state index is 0.413. The van der Waals surface area contributed by atoms with Gasteiger partial charge in [0.25, 0.3) is 11.8 Å². The van der Waals surface area contributed by atoms with Gasteiger partial charge in [-0.15, -0.1) is 10.2 Å². The number of amides is 2. The predicted molar refractivity (Wildman–Crippen MR) is 125 cm³/mol. The molecule has 0 saturated heterocycles. The van der Waals surface area contributed by atoms with E-state index in [4.69, 9.17) is 0 Å². The number of benzene rings is 3. The smallest absolute Gasteiger partial charge is 0.268 e. The molecule has 0 atom stereocenters. The summed E-state index contributed by atoms with van der Waals surface area (Å²) < 4.78 is 0. The zero-order valence-corrected chi connectivity index (χ0v) is 18.0. The average molecular weight is 438 g/mol. The van der Waals surface area contributed by atoms with Gasteiger partial charge < -0.3 is 0 Å². The SMILES string of the molecule is Cc1ccc(/C=C/C(=O)NNC(=O)c2ccc(Cn3nnc(-c4ccccc4)n3)cc2)cc1. The third-order valence-corrected chi connectivity index (χ3v) is 4.83. The first-order chi connectivity index (χ1) is 16.1. The molecule has 0 bridgehead atoms. The summed E-state index contributed by atoms with van der Waals surface area (Å²) in [4.78, 5) is 25.7. The highest BCUT2D eigenvalue weighted by Gasteiger charge is 2.08. The molecule has 0 radical (unpaired) electrons. The van der Waals surface area contributed by atoms with Crippen molar-refractivity contribution < 1.29 is 9.59 Å². The molecule has 0 fully saturated rings. The molecule has 4 rings (SSSR count). The van der Waals surface area contributed by atoms with Crippen LogP contribution < -0.4 is 10.9 Å². The second-order valence-electron chi connectivity index (χ2n) is 7.39. The molecule has 33 heavy (non-hydrogen) atoms. The molecule has 0 saturated carbocycles. The summed E-state index contributed by atoms with van der Waals surface area (Å²) in [7, 11) is 0. The fraction of sp³-hybridized carbons (Fsp3) is 0.0800. The first-order valence-electron chi connectivity index (χ1n) is 10.3. The van der Waals surface area contributed by atoms with E-state index in [1.54, 1.807) is 30.3 Å². The predicted octanol–water partition coefficient (Wildman–Crippen LogP) is 3.17. The maximum Gasteiger partial charge on any atom is 0.269 e. The molecule has 0 aliphatic rings. The summed E-state index contributed by atoms with van der Waals surface area (Å²) in [6, 6.07) is 24.3. The Balaban J connectivity index is 1.29. The number of aryl methyl sites for hydroxylation is 1. The van der Waals surface area contributed by atoms with E-state index in [-0.39, 0.29) is 0 Å². The zero-order valence-electron chi connectivity index (χ0n) is 18.0. The Morgan fingerprint density at radius 1 is 0.909 bits per heavy atom. The zero-order chi connectivity index (χ0) is 23.0. The first-order valence-corrected chi connectivity index (χ1v) is 10.3. The van der Waals surface area contributed by atoms with Crippen LogP contribution in [0.25, 0.3) is 17.5 Å². The molecule has 3 aromatic carbocycles. The van der Waals surface area contributed by atoms with Gasteiger partial charge in [0, 0.05) is 17.2 Å². The molecule has 164 valence electrons. The number of carbonyl (C=O) groups excluding carboxylic acids is 2. The first kappa shape index (κ1) is 21.6. The van der Waals surface area contributed by atoms with Gasteiger partial charge in [-0.2, -0.15) is 4.80 Å². The maximum atomic E-state index is 12.3. The van der Waals surface area contributed by atoms with Crippen molar-refractivity contribution in [3.05, 3.63) is 107 Å². The topological polar surface area (TPSA) is 102 Å². The Hall–Kier alpha value is -4.59. The lowest BCUT2D eigenvalue weighted by molar-refractivity contribution is -0.117. The monoisotopic (exact) mass is 438 g/mol. The normalized spacial score (nSPS) is 10.8. The van der Waals surface area contributed by atoms with Crippen molar-refractivity contribution in [2.45, 2.75) is 13.5 Å². The van der Waals surface area contributed by atoms with E-state index in [0.717, 1.165) is 22.3 Å². The van der Waals surface area contributed by atoms with Crippen LogP contribution >= 0.6 is 0 Å². The van der Waals surface area contributed by atoms with Gasteiger partial charge in [-0.1, -0.05) is 72.3 Å². The Morgan fingerprint density at radius 2 is 1.64 bits per heavy atom. The second kappa shape index (κ2) is 10.1. The average Bonchev–Trinajstić information content (AvgIpc) is 3.31. The number of aromatic nitrogens is 4. The molecule has 2 amide bonds. The van der Waals surface area contributed by atoms with Crippen LogP contribution in [0.4, 0.5) is 0 Å². The minimum atomic E-state index is -0.424. The lowest BCUT2D eigenvalue weighted by Crippen LogP contribution is -2.40. The molecule has 0 spiro atoms. The van der Waals surface area contributed by atoms with E-state index in [1.165, 1.54) is 10.9 Å². The summed E-state index contributed by atoms with van der Waals surface area (Å²) in [5.41, 5.74) is 9.04. The number of hydrogen-bond acceptors (Lipinski definition) is 5. The van der Waals surface area contributed by atoms with Gasteiger partial charge in [0.2, 0.25) is 5.82 Å². The fourth-order valence-corrected chi connectivity index (χ4v) is 3.02. The highest BCUT2D eigenvalue weighted by molar-refractivity contribution is 5.97. The third kappa shape index (κ3) is 5.98. The van der Waals surface area contributed by atoms with Crippen LogP contribution in [-0.2, 0) is 11.3 Å². The number of rotatable bonds is 6. The summed E-state index contributed by atoms with van der Waals surface area (Å²) in [5, 5.41) is 12.5. The van der Waals surface area contributed by atoms with Crippen molar-refractivity contribution in [1.82, 2.24) is 31.1 Å². The van der Waals surface area contributed by atoms with Gasteiger partial charge >= 0.3 is 0 Å². The van der Waals surface area contributed by atoms with Crippen LogP contribution in [0.15, 0.2) is 84.9 Å². The fourth-order valence-electron chi connectivity index (χ4n) is 3.02. The van der Waals surface area contributed by atoms with Crippen molar-refractivity contribution >= 4 is 17.9 Å². The Labute approximate surface area is 190 Å². The molecule has 1 aromatic heterocycles. The molecule has 2 N–H and O–H groups in total. The largest absolute Gasteiger partial charge is 0.269 e. The number of carbonyl (C=O) groups is 2. The van der Waals surface area contributed by atoms with E-state index in [1.807, 2.05) is 61.5 Å². The quantitative estimate of drug-likeness (QED) is 0.356. The van der Waals surface area contributed by atoms with E-state index >= 15 is 0 Å². The van der Waals surface area contributed by atoms with Gasteiger partial charge in [-0.05, 0) is 41.5 Å². The van der Waals surface area contributed by atoms with Crippen molar-refractivity contribution in [1.29, 1.82) is 0 Å². The Morgan fingerprint density at radius 3 is 2.36 bits per heavy atom.